The monoisotopic (exact) mass is 249 g/mol. The predicted octanol–water partition coefficient (Wildman–Crippen LogP) is 3.44. The van der Waals surface area contributed by atoms with Crippen LogP contribution in [0.3, 0.4) is 0 Å². The molecular formula is C16H27NO. The molecule has 0 heterocycles. The van der Waals surface area contributed by atoms with E-state index in [1.54, 1.807) is 0 Å². The number of rotatable bonds is 7. The highest BCUT2D eigenvalue weighted by molar-refractivity contribution is 5.23. The van der Waals surface area contributed by atoms with Crippen LogP contribution in [-0.4, -0.2) is 18.3 Å². The second kappa shape index (κ2) is 6.91. The first-order valence-electron chi connectivity index (χ1n) is 6.97. The van der Waals surface area contributed by atoms with Gasteiger partial charge in [-0.2, -0.15) is 0 Å². The van der Waals surface area contributed by atoms with Crippen molar-refractivity contribution in [2.45, 2.75) is 46.6 Å². The molecule has 1 rings (SSSR count). The summed E-state index contributed by atoms with van der Waals surface area (Å²) in [4.78, 5) is 0. The third-order valence-corrected chi connectivity index (χ3v) is 4.20. The first-order chi connectivity index (χ1) is 8.56. The predicted molar refractivity (Wildman–Crippen MR) is 77.7 cm³/mol. The summed E-state index contributed by atoms with van der Waals surface area (Å²) in [5, 5.41) is 13.1. The van der Waals surface area contributed by atoms with Crippen molar-refractivity contribution in [2.75, 3.05) is 13.2 Å². The van der Waals surface area contributed by atoms with Gasteiger partial charge in [-0.25, -0.2) is 0 Å². The van der Waals surface area contributed by atoms with Crippen molar-refractivity contribution in [1.82, 2.24) is 5.32 Å². The van der Waals surface area contributed by atoms with Crippen LogP contribution >= 0.6 is 0 Å². The molecule has 0 saturated heterocycles. The molecule has 0 aliphatic heterocycles. The highest BCUT2D eigenvalue weighted by Gasteiger charge is 2.25. The third-order valence-electron chi connectivity index (χ3n) is 4.20. The van der Waals surface area contributed by atoms with Crippen LogP contribution in [0.15, 0.2) is 24.3 Å². The van der Waals surface area contributed by atoms with Gasteiger partial charge in [0.25, 0.3) is 0 Å². The standard InChI is InChI=1S/C16H27NO/c1-5-16(6-2,12-18)11-17-14(4)15-9-7-13(3)8-10-15/h7-10,14,17-18H,5-6,11-12H2,1-4H3/t14-/m1/s1. The minimum atomic E-state index is 0.0267. The molecule has 0 bridgehead atoms. The van der Waals surface area contributed by atoms with Crippen molar-refractivity contribution in [2.24, 2.45) is 5.41 Å². The van der Waals surface area contributed by atoms with Gasteiger partial charge in [0.1, 0.15) is 0 Å². The van der Waals surface area contributed by atoms with Gasteiger partial charge in [-0.05, 0) is 32.3 Å². The fourth-order valence-electron chi connectivity index (χ4n) is 2.12. The Morgan fingerprint density at radius 3 is 2.17 bits per heavy atom. The van der Waals surface area contributed by atoms with Gasteiger partial charge in [0, 0.05) is 24.6 Å². The third kappa shape index (κ3) is 3.82. The molecule has 0 radical (unpaired) electrons. The summed E-state index contributed by atoms with van der Waals surface area (Å²) in [6.45, 7) is 9.71. The minimum absolute atomic E-state index is 0.0267. The summed E-state index contributed by atoms with van der Waals surface area (Å²) in [7, 11) is 0. The zero-order valence-corrected chi connectivity index (χ0v) is 12.2. The minimum Gasteiger partial charge on any atom is -0.396 e. The largest absolute Gasteiger partial charge is 0.396 e. The summed E-state index contributed by atoms with van der Waals surface area (Å²) < 4.78 is 0. The molecule has 0 amide bonds. The van der Waals surface area contributed by atoms with Gasteiger partial charge in [-0.1, -0.05) is 43.7 Å². The zero-order valence-electron chi connectivity index (χ0n) is 12.2. The molecule has 0 unspecified atom stereocenters. The Balaban J connectivity index is 2.59. The van der Waals surface area contributed by atoms with Gasteiger partial charge in [-0.3, -0.25) is 0 Å². The molecule has 1 aromatic carbocycles. The molecule has 0 aliphatic carbocycles. The highest BCUT2D eigenvalue weighted by Crippen LogP contribution is 2.25. The van der Waals surface area contributed by atoms with Crippen LogP contribution in [0.2, 0.25) is 0 Å². The van der Waals surface area contributed by atoms with E-state index in [1.807, 2.05) is 0 Å². The van der Waals surface area contributed by atoms with Crippen LogP contribution in [0.25, 0.3) is 0 Å². The Hall–Kier alpha value is -0.860. The van der Waals surface area contributed by atoms with Crippen molar-refractivity contribution in [3.8, 4) is 0 Å². The molecule has 102 valence electrons. The van der Waals surface area contributed by atoms with E-state index in [0.717, 1.165) is 19.4 Å². The van der Waals surface area contributed by atoms with Crippen molar-refractivity contribution in [3.05, 3.63) is 35.4 Å². The molecule has 0 fully saturated rings. The Kier molecular flexibility index (Phi) is 5.83. The summed E-state index contributed by atoms with van der Waals surface area (Å²) in [6.07, 6.45) is 2.02. The summed E-state index contributed by atoms with van der Waals surface area (Å²) in [6, 6.07) is 8.96. The maximum Gasteiger partial charge on any atom is 0.0499 e. The van der Waals surface area contributed by atoms with E-state index in [-0.39, 0.29) is 12.0 Å². The van der Waals surface area contributed by atoms with Crippen molar-refractivity contribution < 1.29 is 5.11 Å². The van der Waals surface area contributed by atoms with E-state index in [0.29, 0.717) is 6.04 Å². The molecule has 0 spiro atoms. The van der Waals surface area contributed by atoms with Gasteiger partial charge in [0.2, 0.25) is 0 Å². The van der Waals surface area contributed by atoms with E-state index >= 15 is 0 Å². The number of benzene rings is 1. The van der Waals surface area contributed by atoms with Gasteiger partial charge in [-0.15, -0.1) is 0 Å². The van der Waals surface area contributed by atoms with Crippen LogP contribution in [0.1, 0.15) is 50.8 Å². The lowest BCUT2D eigenvalue weighted by Crippen LogP contribution is -2.37. The average molecular weight is 249 g/mol. The number of hydrogen-bond donors (Lipinski definition) is 2. The molecule has 1 atom stereocenters. The fraction of sp³-hybridized carbons (Fsp3) is 0.625. The van der Waals surface area contributed by atoms with Gasteiger partial charge in [0.05, 0.1) is 0 Å². The van der Waals surface area contributed by atoms with Gasteiger partial charge >= 0.3 is 0 Å². The Bertz CT molecular complexity index is 332. The molecule has 0 aliphatic rings. The van der Waals surface area contributed by atoms with E-state index < -0.39 is 0 Å². The number of aliphatic hydroxyl groups is 1. The molecular weight excluding hydrogens is 222 g/mol. The van der Waals surface area contributed by atoms with Crippen LogP contribution in [0.4, 0.5) is 0 Å². The van der Waals surface area contributed by atoms with Crippen molar-refractivity contribution in [1.29, 1.82) is 0 Å². The summed E-state index contributed by atoms with van der Waals surface area (Å²) >= 11 is 0. The number of nitrogens with one attached hydrogen (secondary N) is 1. The second-order valence-electron chi connectivity index (χ2n) is 5.38. The molecule has 2 N–H and O–H groups in total. The van der Waals surface area contributed by atoms with E-state index in [2.05, 4.69) is 57.3 Å². The molecule has 0 saturated carbocycles. The Morgan fingerprint density at radius 2 is 1.72 bits per heavy atom. The lowest BCUT2D eigenvalue weighted by atomic mass is 9.83. The lowest BCUT2D eigenvalue weighted by molar-refractivity contribution is 0.110. The topological polar surface area (TPSA) is 32.3 Å². The normalized spacial score (nSPS) is 13.6. The fourth-order valence-corrected chi connectivity index (χ4v) is 2.12. The van der Waals surface area contributed by atoms with Crippen molar-refractivity contribution in [3.63, 3.8) is 0 Å². The van der Waals surface area contributed by atoms with Crippen LogP contribution in [0, 0.1) is 12.3 Å². The molecule has 2 nitrogen and oxygen atoms in total. The molecule has 18 heavy (non-hydrogen) atoms. The number of aliphatic hydroxyl groups excluding tert-OH is 1. The van der Waals surface area contributed by atoms with E-state index in [1.165, 1.54) is 11.1 Å². The summed E-state index contributed by atoms with van der Waals surface area (Å²) in [5.74, 6) is 0. The molecule has 1 aromatic rings. The van der Waals surface area contributed by atoms with E-state index in [4.69, 9.17) is 0 Å². The molecule has 2 heteroatoms. The Morgan fingerprint density at radius 1 is 1.17 bits per heavy atom. The summed E-state index contributed by atoms with van der Waals surface area (Å²) in [5.41, 5.74) is 2.62. The first kappa shape index (κ1) is 15.2. The zero-order chi connectivity index (χ0) is 13.6. The van der Waals surface area contributed by atoms with Crippen molar-refractivity contribution >= 4 is 0 Å². The number of aryl methyl sites for hydroxylation is 1. The molecule has 0 aromatic heterocycles. The first-order valence-corrected chi connectivity index (χ1v) is 6.97. The second-order valence-corrected chi connectivity index (χ2v) is 5.38. The Labute approximate surface area is 111 Å². The van der Waals surface area contributed by atoms with E-state index in [9.17, 15) is 5.11 Å². The highest BCUT2D eigenvalue weighted by atomic mass is 16.3. The SMILES string of the molecule is CCC(CC)(CO)CN[C@H](C)c1ccc(C)cc1. The maximum absolute atomic E-state index is 9.56. The van der Waals surface area contributed by atoms with Gasteiger partial charge in [0.15, 0.2) is 0 Å². The van der Waals surface area contributed by atoms with Crippen LogP contribution < -0.4 is 5.32 Å². The van der Waals surface area contributed by atoms with Crippen LogP contribution in [0.5, 0.6) is 0 Å². The lowest BCUT2D eigenvalue weighted by Gasteiger charge is -2.31. The smallest absolute Gasteiger partial charge is 0.0499 e. The number of hydrogen-bond acceptors (Lipinski definition) is 2. The maximum atomic E-state index is 9.56. The quantitative estimate of drug-likeness (QED) is 0.776. The van der Waals surface area contributed by atoms with Crippen LogP contribution in [-0.2, 0) is 0 Å². The van der Waals surface area contributed by atoms with Gasteiger partial charge < -0.3 is 10.4 Å². The average Bonchev–Trinajstić information content (AvgIpc) is 2.41.